The number of allylic oxidation sites excluding steroid dienone is 4. The lowest BCUT2D eigenvalue weighted by Crippen LogP contribution is -2.22. The smallest absolute Gasteiger partial charge is 0.152 e. The molecule has 1 heterocycles. The Balaban J connectivity index is 1.79. The minimum absolute atomic E-state index is 0.143. The molecular weight excluding hydrogens is 365 g/mol. The summed E-state index contributed by atoms with van der Waals surface area (Å²) in [6.07, 6.45) is 14.4. The number of benzene rings is 1. The highest BCUT2D eigenvalue weighted by atomic mass is 35.5. The van der Waals surface area contributed by atoms with E-state index in [0.717, 1.165) is 25.0 Å². The van der Waals surface area contributed by atoms with Crippen molar-refractivity contribution in [2.24, 2.45) is 0 Å². The van der Waals surface area contributed by atoms with Crippen LogP contribution in [0.2, 0.25) is 10.0 Å². The molecule has 0 amide bonds. The van der Waals surface area contributed by atoms with Gasteiger partial charge in [-0.2, -0.15) is 0 Å². The van der Waals surface area contributed by atoms with E-state index in [-0.39, 0.29) is 15.8 Å². The zero-order valence-electron chi connectivity index (χ0n) is 12.7. The summed E-state index contributed by atoms with van der Waals surface area (Å²) in [5, 5.41) is 10.0. The van der Waals surface area contributed by atoms with Crippen molar-refractivity contribution in [2.75, 3.05) is 0 Å². The Kier molecular flexibility index (Phi) is 5.29. The van der Waals surface area contributed by atoms with Gasteiger partial charge in [0, 0.05) is 24.4 Å². The van der Waals surface area contributed by atoms with Crippen LogP contribution in [0, 0.1) is 0 Å². The van der Waals surface area contributed by atoms with Crippen molar-refractivity contribution in [3.05, 3.63) is 76.0 Å². The maximum absolute atomic E-state index is 9.67. The first-order valence-corrected chi connectivity index (χ1v) is 8.60. The molecule has 1 aliphatic heterocycles. The summed E-state index contributed by atoms with van der Waals surface area (Å²) < 4.78 is 5.59. The molecule has 0 aromatic heterocycles. The van der Waals surface area contributed by atoms with E-state index < -0.39 is 0 Å². The number of ether oxygens (including phenoxy) is 1. The number of aromatic hydroxyl groups is 1. The van der Waals surface area contributed by atoms with Crippen LogP contribution < -0.4 is 0 Å². The number of phenolic OH excluding ortho intramolecular Hbond substituents is 1. The molecule has 1 aromatic carbocycles. The molecule has 2 aliphatic rings. The first-order valence-electron chi connectivity index (χ1n) is 7.44. The van der Waals surface area contributed by atoms with Crippen molar-refractivity contribution in [3.8, 4) is 5.75 Å². The summed E-state index contributed by atoms with van der Waals surface area (Å²) in [6, 6.07) is 3.19. The third kappa shape index (κ3) is 3.83. The summed E-state index contributed by atoms with van der Waals surface area (Å²) in [4.78, 5) is 2.31. The number of hydrogen-bond acceptors (Lipinski definition) is 3. The standard InChI is InChI=1S/C18H15Cl2NO2S/c19-15-9-13(10-16(20)17(15)22)18(24)21-6-7-23-14(11-21)8-12-4-2-1-3-5-12/h1-2,4,6-7,9-11,22H,3,5,8H2. The van der Waals surface area contributed by atoms with Crippen LogP contribution in [0.1, 0.15) is 24.8 Å². The number of halogens is 2. The largest absolute Gasteiger partial charge is 0.505 e. The lowest BCUT2D eigenvalue weighted by Gasteiger charge is -2.23. The molecule has 6 heteroatoms. The maximum atomic E-state index is 9.67. The fourth-order valence-electron chi connectivity index (χ4n) is 2.49. The van der Waals surface area contributed by atoms with Crippen molar-refractivity contribution in [3.63, 3.8) is 0 Å². The van der Waals surface area contributed by atoms with Crippen molar-refractivity contribution >= 4 is 40.4 Å². The normalized spacial score (nSPS) is 16.5. The number of hydrogen-bond donors (Lipinski definition) is 1. The van der Waals surface area contributed by atoms with E-state index >= 15 is 0 Å². The Labute approximate surface area is 156 Å². The number of phenols is 1. The van der Waals surface area contributed by atoms with Crippen LogP contribution in [-0.4, -0.2) is 15.0 Å². The van der Waals surface area contributed by atoms with Gasteiger partial charge in [-0.05, 0) is 25.0 Å². The second-order valence-electron chi connectivity index (χ2n) is 5.47. The second-order valence-corrected chi connectivity index (χ2v) is 6.67. The molecule has 0 radical (unpaired) electrons. The van der Waals surface area contributed by atoms with Gasteiger partial charge in [0.15, 0.2) is 5.75 Å². The quantitative estimate of drug-likeness (QED) is 0.684. The molecule has 0 unspecified atom stereocenters. The number of rotatable bonds is 3. The van der Waals surface area contributed by atoms with Gasteiger partial charge in [-0.25, -0.2) is 0 Å². The summed E-state index contributed by atoms with van der Waals surface area (Å²) >= 11 is 17.5. The molecule has 0 saturated carbocycles. The summed E-state index contributed by atoms with van der Waals surface area (Å²) in [5.41, 5.74) is 1.97. The molecule has 1 N–H and O–H groups in total. The minimum atomic E-state index is -0.143. The average Bonchev–Trinajstić information content (AvgIpc) is 2.59. The van der Waals surface area contributed by atoms with E-state index in [1.165, 1.54) is 5.57 Å². The Morgan fingerprint density at radius 1 is 1.29 bits per heavy atom. The maximum Gasteiger partial charge on any atom is 0.152 e. The third-order valence-electron chi connectivity index (χ3n) is 3.72. The van der Waals surface area contributed by atoms with Gasteiger partial charge >= 0.3 is 0 Å². The molecule has 0 atom stereocenters. The average molecular weight is 380 g/mol. The highest BCUT2D eigenvalue weighted by Crippen LogP contribution is 2.33. The zero-order chi connectivity index (χ0) is 17.1. The second kappa shape index (κ2) is 7.43. The Hall–Kier alpha value is -1.75. The SMILES string of the molecule is Oc1c(Cl)cc(C(=S)N2C=COC(CC3=CC=CCC3)=C2)cc1Cl. The lowest BCUT2D eigenvalue weighted by molar-refractivity contribution is 0.313. The van der Waals surface area contributed by atoms with Gasteiger partial charge in [0.1, 0.15) is 17.0 Å². The minimum Gasteiger partial charge on any atom is -0.505 e. The zero-order valence-corrected chi connectivity index (χ0v) is 15.0. The van der Waals surface area contributed by atoms with Gasteiger partial charge in [0.05, 0.1) is 10.0 Å². The molecule has 0 spiro atoms. The van der Waals surface area contributed by atoms with Crippen LogP contribution in [0.5, 0.6) is 5.75 Å². The molecule has 3 nitrogen and oxygen atoms in total. The van der Waals surface area contributed by atoms with Crippen LogP contribution in [0.4, 0.5) is 0 Å². The predicted molar refractivity (Wildman–Crippen MR) is 101 cm³/mol. The Bertz CT molecular complexity index is 773. The highest BCUT2D eigenvalue weighted by molar-refractivity contribution is 7.80. The first-order chi connectivity index (χ1) is 11.5. The van der Waals surface area contributed by atoms with Crippen LogP contribution in [0.25, 0.3) is 0 Å². The molecule has 1 aliphatic carbocycles. The molecule has 1 aromatic rings. The van der Waals surface area contributed by atoms with Gasteiger partial charge in [-0.3, -0.25) is 0 Å². The predicted octanol–water partition coefficient (Wildman–Crippen LogP) is 5.69. The van der Waals surface area contributed by atoms with Gasteiger partial charge in [0.25, 0.3) is 0 Å². The Morgan fingerprint density at radius 3 is 2.71 bits per heavy atom. The summed E-state index contributed by atoms with van der Waals surface area (Å²) in [7, 11) is 0. The monoisotopic (exact) mass is 379 g/mol. The van der Waals surface area contributed by atoms with Crippen molar-refractivity contribution in [1.29, 1.82) is 0 Å². The fourth-order valence-corrected chi connectivity index (χ4v) is 3.21. The number of thiocarbonyl (C=S) groups is 1. The van der Waals surface area contributed by atoms with Crippen LogP contribution in [0.15, 0.2) is 60.4 Å². The molecule has 0 fully saturated rings. The van der Waals surface area contributed by atoms with Gasteiger partial charge in [-0.15, -0.1) is 0 Å². The highest BCUT2D eigenvalue weighted by Gasteiger charge is 2.16. The van der Waals surface area contributed by atoms with E-state index in [1.54, 1.807) is 29.5 Å². The molecule has 0 saturated heterocycles. The van der Waals surface area contributed by atoms with Gasteiger partial charge in [-0.1, -0.05) is 59.2 Å². The van der Waals surface area contributed by atoms with Crippen molar-refractivity contribution < 1.29 is 9.84 Å². The number of nitrogens with zero attached hydrogens (tertiary/aromatic N) is 1. The van der Waals surface area contributed by atoms with E-state index in [2.05, 4.69) is 18.2 Å². The molecule has 24 heavy (non-hydrogen) atoms. The Morgan fingerprint density at radius 2 is 2.04 bits per heavy atom. The van der Waals surface area contributed by atoms with Crippen LogP contribution in [-0.2, 0) is 4.74 Å². The van der Waals surface area contributed by atoms with E-state index in [0.29, 0.717) is 10.6 Å². The van der Waals surface area contributed by atoms with E-state index in [9.17, 15) is 5.11 Å². The van der Waals surface area contributed by atoms with Crippen molar-refractivity contribution in [1.82, 2.24) is 4.90 Å². The lowest BCUT2D eigenvalue weighted by atomic mass is 10.0. The molecule has 3 rings (SSSR count). The van der Waals surface area contributed by atoms with Crippen LogP contribution >= 0.6 is 35.4 Å². The fraction of sp³-hybridized carbons (Fsp3) is 0.167. The summed E-state index contributed by atoms with van der Waals surface area (Å²) in [5.74, 6) is 0.674. The van der Waals surface area contributed by atoms with E-state index in [1.807, 2.05) is 6.20 Å². The molecular formula is C18H15Cl2NO2S. The van der Waals surface area contributed by atoms with Gasteiger partial charge < -0.3 is 14.7 Å². The van der Waals surface area contributed by atoms with Crippen LogP contribution in [0.3, 0.4) is 0 Å². The van der Waals surface area contributed by atoms with Crippen molar-refractivity contribution in [2.45, 2.75) is 19.3 Å². The third-order valence-corrected chi connectivity index (χ3v) is 4.75. The van der Waals surface area contributed by atoms with Gasteiger partial charge in [0.2, 0.25) is 0 Å². The summed E-state index contributed by atoms with van der Waals surface area (Å²) in [6.45, 7) is 0. The topological polar surface area (TPSA) is 32.7 Å². The first kappa shape index (κ1) is 17.1. The van der Waals surface area contributed by atoms with E-state index in [4.69, 9.17) is 40.2 Å². The molecule has 0 bridgehead atoms. The molecule has 124 valence electrons.